The van der Waals surface area contributed by atoms with Crippen molar-refractivity contribution in [2.24, 2.45) is 5.92 Å². The molecule has 2 heterocycles. The molecule has 1 saturated heterocycles. The number of pyridine rings is 1. The molecule has 0 radical (unpaired) electrons. The summed E-state index contributed by atoms with van der Waals surface area (Å²) in [5.41, 5.74) is 0.219. The van der Waals surface area contributed by atoms with Gasteiger partial charge in [-0.2, -0.15) is 0 Å². The molecule has 2 unspecified atom stereocenters. The van der Waals surface area contributed by atoms with E-state index in [-0.39, 0.29) is 5.56 Å². The van der Waals surface area contributed by atoms with Crippen LogP contribution >= 0.6 is 0 Å². The van der Waals surface area contributed by atoms with Crippen molar-refractivity contribution in [3.8, 4) is 0 Å². The standard InChI is InChI=1S/C13H19N3O2/c1-9-8-16(2)6-5-11(9)15-12-4-3-10(7-14-12)13(17)18/h3-4,7,9,11H,5-6,8H2,1-2H3,(H,14,15)(H,17,18). The van der Waals surface area contributed by atoms with Crippen molar-refractivity contribution in [3.05, 3.63) is 23.9 Å². The third kappa shape index (κ3) is 2.98. The number of nitrogens with zero attached hydrogens (tertiary/aromatic N) is 2. The van der Waals surface area contributed by atoms with Crippen LogP contribution in [0, 0.1) is 5.92 Å². The van der Waals surface area contributed by atoms with Crippen molar-refractivity contribution < 1.29 is 9.90 Å². The van der Waals surface area contributed by atoms with E-state index in [1.165, 1.54) is 6.20 Å². The fraction of sp³-hybridized carbons (Fsp3) is 0.538. The van der Waals surface area contributed by atoms with E-state index in [2.05, 4.69) is 29.2 Å². The van der Waals surface area contributed by atoms with Gasteiger partial charge < -0.3 is 15.3 Å². The predicted molar refractivity (Wildman–Crippen MR) is 69.9 cm³/mol. The Morgan fingerprint density at radius 2 is 2.33 bits per heavy atom. The Kier molecular flexibility index (Phi) is 3.81. The molecule has 1 aromatic rings. The molecule has 1 fully saturated rings. The zero-order chi connectivity index (χ0) is 13.1. The lowest BCUT2D eigenvalue weighted by Gasteiger charge is -2.35. The summed E-state index contributed by atoms with van der Waals surface area (Å²) in [6, 6.07) is 3.72. The number of anilines is 1. The molecule has 0 bridgehead atoms. The van der Waals surface area contributed by atoms with Gasteiger partial charge in [-0.15, -0.1) is 0 Å². The first-order chi connectivity index (χ1) is 8.56. The second-order valence-corrected chi connectivity index (χ2v) is 5.02. The summed E-state index contributed by atoms with van der Waals surface area (Å²) in [6.45, 7) is 4.37. The van der Waals surface area contributed by atoms with E-state index < -0.39 is 5.97 Å². The van der Waals surface area contributed by atoms with E-state index in [0.29, 0.717) is 12.0 Å². The molecule has 18 heavy (non-hydrogen) atoms. The van der Waals surface area contributed by atoms with Crippen LogP contribution in [-0.4, -0.2) is 47.1 Å². The molecule has 0 aliphatic carbocycles. The van der Waals surface area contributed by atoms with E-state index in [1.54, 1.807) is 12.1 Å². The molecule has 2 atom stereocenters. The summed E-state index contributed by atoms with van der Waals surface area (Å²) >= 11 is 0. The third-order valence-corrected chi connectivity index (χ3v) is 3.45. The van der Waals surface area contributed by atoms with Crippen LogP contribution in [0.2, 0.25) is 0 Å². The van der Waals surface area contributed by atoms with Gasteiger partial charge in [0.1, 0.15) is 5.82 Å². The molecule has 1 aliphatic heterocycles. The number of carboxylic acids is 1. The number of rotatable bonds is 3. The number of carboxylic acid groups (broad SMARTS) is 1. The van der Waals surface area contributed by atoms with Crippen LogP contribution in [0.3, 0.4) is 0 Å². The number of hydrogen-bond donors (Lipinski definition) is 2. The van der Waals surface area contributed by atoms with Gasteiger partial charge in [0, 0.05) is 18.8 Å². The van der Waals surface area contributed by atoms with Gasteiger partial charge in [-0.25, -0.2) is 9.78 Å². The summed E-state index contributed by atoms with van der Waals surface area (Å²) < 4.78 is 0. The molecule has 2 rings (SSSR count). The first kappa shape index (κ1) is 12.8. The first-order valence-corrected chi connectivity index (χ1v) is 6.20. The lowest BCUT2D eigenvalue weighted by atomic mass is 9.94. The topological polar surface area (TPSA) is 65.5 Å². The summed E-state index contributed by atoms with van der Waals surface area (Å²) in [7, 11) is 2.13. The quantitative estimate of drug-likeness (QED) is 0.850. The molecule has 1 aliphatic rings. The van der Waals surface area contributed by atoms with E-state index in [1.807, 2.05) is 0 Å². The number of aromatic nitrogens is 1. The molecule has 1 aromatic heterocycles. The molecular formula is C13H19N3O2. The SMILES string of the molecule is CC1CN(C)CCC1Nc1ccc(C(=O)O)cn1. The van der Waals surface area contributed by atoms with Crippen molar-refractivity contribution in [1.82, 2.24) is 9.88 Å². The molecule has 2 N–H and O–H groups in total. The summed E-state index contributed by atoms with van der Waals surface area (Å²) in [5, 5.41) is 12.2. The molecule has 0 amide bonds. The molecule has 98 valence electrons. The van der Waals surface area contributed by atoms with Gasteiger partial charge in [0.25, 0.3) is 0 Å². The minimum atomic E-state index is -0.943. The highest BCUT2D eigenvalue weighted by Crippen LogP contribution is 2.19. The van der Waals surface area contributed by atoms with Gasteiger partial charge in [-0.1, -0.05) is 6.92 Å². The van der Waals surface area contributed by atoms with Gasteiger partial charge in [0.15, 0.2) is 0 Å². The number of likely N-dealkylation sites (tertiary alicyclic amines) is 1. The zero-order valence-electron chi connectivity index (χ0n) is 10.8. The average molecular weight is 249 g/mol. The fourth-order valence-electron chi connectivity index (χ4n) is 2.36. The van der Waals surface area contributed by atoms with Gasteiger partial charge in [0.2, 0.25) is 0 Å². The molecular weight excluding hydrogens is 230 g/mol. The van der Waals surface area contributed by atoms with E-state index in [0.717, 1.165) is 25.3 Å². The molecule has 5 heteroatoms. The lowest BCUT2D eigenvalue weighted by Crippen LogP contribution is -2.43. The Morgan fingerprint density at radius 1 is 1.56 bits per heavy atom. The Morgan fingerprint density at radius 3 is 2.89 bits per heavy atom. The summed E-state index contributed by atoms with van der Waals surface area (Å²) in [6.07, 6.45) is 2.48. The Balaban J connectivity index is 1.99. The van der Waals surface area contributed by atoms with E-state index in [4.69, 9.17) is 5.11 Å². The molecule has 0 spiro atoms. The molecule has 0 saturated carbocycles. The fourth-order valence-corrected chi connectivity index (χ4v) is 2.36. The summed E-state index contributed by atoms with van der Waals surface area (Å²) in [5.74, 6) is 0.368. The number of aromatic carboxylic acids is 1. The van der Waals surface area contributed by atoms with E-state index in [9.17, 15) is 4.79 Å². The van der Waals surface area contributed by atoms with E-state index >= 15 is 0 Å². The van der Waals surface area contributed by atoms with Crippen LogP contribution in [0.5, 0.6) is 0 Å². The largest absolute Gasteiger partial charge is 0.478 e. The maximum absolute atomic E-state index is 10.7. The minimum Gasteiger partial charge on any atom is -0.478 e. The average Bonchev–Trinajstić information content (AvgIpc) is 2.33. The number of piperidine rings is 1. The smallest absolute Gasteiger partial charge is 0.337 e. The first-order valence-electron chi connectivity index (χ1n) is 6.20. The van der Waals surface area contributed by atoms with Crippen molar-refractivity contribution in [3.63, 3.8) is 0 Å². The lowest BCUT2D eigenvalue weighted by molar-refractivity contribution is 0.0696. The minimum absolute atomic E-state index is 0.219. The van der Waals surface area contributed by atoms with Gasteiger partial charge in [0.05, 0.1) is 5.56 Å². The highest BCUT2D eigenvalue weighted by atomic mass is 16.4. The summed E-state index contributed by atoms with van der Waals surface area (Å²) in [4.78, 5) is 17.2. The van der Waals surface area contributed by atoms with Crippen LogP contribution < -0.4 is 5.32 Å². The second kappa shape index (κ2) is 5.35. The van der Waals surface area contributed by atoms with Crippen LogP contribution in [0.4, 0.5) is 5.82 Å². The van der Waals surface area contributed by atoms with Crippen molar-refractivity contribution >= 4 is 11.8 Å². The predicted octanol–water partition coefficient (Wildman–Crippen LogP) is 1.53. The van der Waals surface area contributed by atoms with Crippen molar-refractivity contribution in [2.75, 3.05) is 25.5 Å². The second-order valence-electron chi connectivity index (χ2n) is 5.02. The van der Waals surface area contributed by atoms with Crippen LogP contribution in [0.1, 0.15) is 23.7 Å². The van der Waals surface area contributed by atoms with Crippen molar-refractivity contribution in [2.45, 2.75) is 19.4 Å². The Hall–Kier alpha value is -1.62. The molecule has 0 aromatic carbocycles. The van der Waals surface area contributed by atoms with Crippen LogP contribution in [0.15, 0.2) is 18.3 Å². The van der Waals surface area contributed by atoms with Gasteiger partial charge in [-0.3, -0.25) is 0 Å². The number of hydrogen-bond acceptors (Lipinski definition) is 4. The Labute approximate surface area is 107 Å². The highest BCUT2D eigenvalue weighted by Gasteiger charge is 2.24. The monoisotopic (exact) mass is 249 g/mol. The normalized spacial score (nSPS) is 24.8. The van der Waals surface area contributed by atoms with Crippen LogP contribution in [0.25, 0.3) is 0 Å². The number of carbonyl (C=O) groups is 1. The van der Waals surface area contributed by atoms with Crippen LogP contribution in [-0.2, 0) is 0 Å². The van der Waals surface area contributed by atoms with Crippen molar-refractivity contribution in [1.29, 1.82) is 0 Å². The third-order valence-electron chi connectivity index (χ3n) is 3.45. The van der Waals surface area contributed by atoms with Gasteiger partial charge >= 0.3 is 5.97 Å². The zero-order valence-corrected chi connectivity index (χ0v) is 10.8. The van der Waals surface area contributed by atoms with Gasteiger partial charge in [-0.05, 0) is 38.1 Å². The maximum Gasteiger partial charge on any atom is 0.337 e. The molecule has 5 nitrogen and oxygen atoms in total. The maximum atomic E-state index is 10.7. The highest BCUT2D eigenvalue weighted by molar-refractivity contribution is 5.87. The Bertz CT molecular complexity index is 419. The number of nitrogens with one attached hydrogen (secondary N) is 1.